The third kappa shape index (κ3) is 2.79. The van der Waals surface area contributed by atoms with Gasteiger partial charge in [-0.3, -0.25) is 4.79 Å². The van der Waals surface area contributed by atoms with Gasteiger partial charge in [0.05, 0.1) is 5.60 Å². The Hall–Kier alpha value is -1.13. The molecule has 21 heavy (non-hydrogen) atoms. The minimum Gasteiger partial charge on any atom is -0.388 e. The maximum atomic E-state index is 13.9. The Balaban J connectivity index is 1.65. The maximum absolute atomic E-state index is 13.9. The predicted octanol–water partition coefficient (Wildman–Crippen LogP) is 2.96. The molecule has 5 heteroatoms. The van der Waals surface area contributed by atoms with Crippen molar-refractivity contribution < 1.29 is 14.3 Å². The number of hydrogen-bond donors (Lipinski definition) is 1. The number of amides is 1. The number of likely N-dealkylation sites (N-methyl/N-ethyl adjacent to an activating group) is 1. The van der Waals surface area contributed by atoms with Gasteiger partial charge in [0, 0.05) is 36.0 Å². The van der Waals surface area contributed by atoms with Gasteiger partial charge in [-0.2, -0.15) is 0 Å². The quantitative estimate of drug-likeness (QED) is 0.928. The Bertz CT molecular complexity index is 553. The van der Waals surface area contributed by atoms with Crippen molar-refractivity contribution in [2.75, 3.05) is 13.6 Å². The number of halogens is 2. The van der Waals surface area contributed by atoms with E-state index in [1.54, 1.807) is 24.1 Å². The highest BCUT2D eigenvalue weighted by atomic mass is 35.5. The monoisotopic (exact) mass is 311 g/mol. The second-order valence-electron chi connectivity index (χ2n) is 6.36. The van der Waals surface area contributed by atoms with Crippen molar-refractivity contribution in [3.05, 3.63) is 34.6 Å². The summed E-state index contributed by atoms with van der Waals surface area (Å²) in [5, 5.41) is 10.5. The van der Waals surface area contributed by atoms with Gasteiger partial charge in [0.15, 0.2) is 0 Å². The first kappa shape index (κ1) is 14.8. The van der Waals surface area contributed by atoms with Gasteiger partial charge in [-0.05, 0) is 37.8 Å². The van der Waals surface area contributed by atoms with Crippen LogP contribution < -0.4 is 0 Å². The van der Waals surface area contributed by atoms with Crippen molar-refractivity contribution in [2.24, 2.45) is 5.92 Å². The van der Waals surface area contributed by atoms with Crippen LogP contribution in [0.5, 0.6) is 0 Å². The summed E-state index contributed by atoms with van der Waals surface area (Å²) in [7, 11) is 1.71. The summed E-state index contributed by atoms with van der Waals surface area (Å²) in [6.45, 7) is 0.361. The average Bonchev–Trinajstić information content (AvgIpc) is 3.16. The van der Waals surface area contributed by atoms with Crippen LogP contribution in [0.25, 0.3) is 0 Å². The molecular formula is C16H19ClFNO2. The molecule has 114 valence electrons. The molecule has 0 unspecified atom stereocenters. The molecule has 2 saturated carbocycles. The Labute approximate surface area is 128 Å². The molecule has 1 aromatic rings. The number of benzene rings is 1. The molecule has 0 aromatic heterocycles. The molecule has 0 aliphatic heterocycles. The van der Waals surface area contributed by atoms with Gasteiger partial charge in [0.2, 0.25) is 5.91 Å². The standard InChI is InChI=1S/C16H19ClFNO2/c1-19(9-16(21)6-3-7-16)15(20)11-8-10(11)14-12(17)4-2-5-13(14)18/h2,4-5,10-11,21H,3,6-9H2,1H3/t10-,11-/m1/s1. The van der Waals surface area contributed by atoms with Crippen LogP contribution in [0.15, 0.2) is 18.2 Å². The summed E-state index contributed by atoms with van der Waals surface area (Å²) in [4.78, 5) is 14.0. The van der Waals surface area contributed by atoms with E-state index >= 15 is 0 Å². The molecule has 1 amide bonds. The molecular weight excluding hydrogens is 293 g/mol. The SMILES string of the molecule is CN(CC1(O)CCC1)C(=O)[C@@H]1C[C@H]1c1c(F)cccc1Cl. The van der Waals surface area contributed by atoms with Crippen molar-refractivity contribution in [2.45, 2.75) is 37.2 Å². The Kier molecular flexibility index (Phi) is 3.70. The van der Waals surface area contributed by atoms with E-state index in [0.29, 0.717) is 23.6 Å². The molecule has 2 aliphatic carbocycles. The smallest absolute Gasteiger partial charge is 0.226 e. The molecule has 3 rings (SSSR count). The largest absolute Gasteiger partial charge is 0.388 e. The molecule has 0 spiro atoms. The summed E-state index contributed by atoms with van der Waals surface area (Å²) in [5.41, 5.74) is -0.266. The lowest BCUT2D eigenvalue weighted by Gasteiger charge is -2.39. The van der Waals surface area contributed by atoms with Gasteiger partial charge in [-0.1, -0.05) is 17.7 Å². The van der Waals surface area contributed by atoms with Gasteiger partial charge in [0.25, 0.3) is 0 Å². The Morgan fingerprint density at radius 2 is 2.24 bits per heavy atom. The average molecular weight is 312 g/mol. The third-order valence-electron chi connectivity index (χ3n) is 4.67. The van der Waals surface area contributed by atoms with Crippen LogP contribution in [0.2, 0.25) is 5.02 Å². The molecule has 1 aromatic carbocycles. The zero-order chi connectivity index (χ0) is 15.2. The highest BCUT2D eigenvalue weighted by Gasteiger charge is 2.48. The second kappa shape index (κ2) is 5.25. The molecule has 0 heterocycles. The molecule has 1 N–H and O–H groups in total. The molecule has 2 fully saturated rings. The minimum absolute atomic E-state index is 0.0281. The zero-order valence-electron chi connectivity index (χ0n) is 12.0. The van der Waals surface area contributed by atoms with E-state index in [9.17, 15) is 14.3 Å². The van der Waals surface area contributed by atoms with E-state index in [4.69, 9.17) is 11.6 Å². The van der Waals surface area contributed by atoms with Crippen molar-refractivity contribution >= 4 is 17.5 Å². The van der Waals surface area contributed by atoms with Gasteiger partial charge >= 0.3 is 0 Å². The first-order valence-corrected chi connectivity index (χ1v) is 7.70. The van der Waals surface area contributed by atoms with Crippen LogP contribution >= 0.6 is 11.6 Å². The van der Waals surface area contributed by atoms with E-state index in [1.165, 1.54) is 6.07 Å². The van der Waals surface area contributed by atoms with Gasteiger partial charge in [-0.15, -0.1) is 0 Å². The maximum Gasteiger partial charge on any atom is 0.226 e. The van der Waals surface area contributed by atoms with E-state index < -0.39 is 5.60 Å². The molecule has 0 bridgehead atoms. The first-order chi connectivity index (χ1) is 9.91. The van der Waals surface area contributed by atoms with Gasteiger partial charge < -0.3 is 10.0 Å². The lowest BCUT2D eigenvalue weighted by molar-refractivity contribution is -0.137. The molecule has 0 radical (unpaired) electrons. The fourth-order valence-corrected chi connectivity index (χ4v) is 3.50. The highest BCUT2D eigenvalue weighted by molar-refractivity contribution is 6.31. The van der Waals surface area contributed by atoms with Gasteiger partial charge in [-0.25, -0.2) is 4.39 Å². The predicted molar refractivity (Wildman–Crippen MR) is 78.7 cm³/mol. The molecule has 3 nitrogen and oxygen atoms in total. The highest BCUT2D eigenvalue weighted by Crippen LogP contribution is 2.51. The van der Waals surface area contributed by atoms with Gasteiger partial charge in [0.1, 0.15) is 5.82 Å². The van der Waals surface area contributed by atoms with E-state index in [1.807, 2.05) is 0 Å². The van der Waals surface area contributed by atoms with Crippen LogP contribution in [0.4, 0.5) is 4.39 Å². The topological polar surface area (TPSA) is 40.5 Å². The number of aliphatic hydroxyl groups is 1. The lowest BCUT2D eigenvalue weighted by atomic mass is 9.80. The summed E-state index contributed by atoms with van der Waals surface area (Å²) in [6.07, 6.45) is 3.13. The summed E-state index contributed by atoms with van der Waals surface area (Å²) < 4.78 is 13.9. The van der Waals surface area contributed by atoms with Crippen molar-refractivity contribution in [1.29, 1.82) is 0 Å². The van der Waals surface area contributed by atoms with E-state index in [0.717, 1.165) is 19.3 Å². The third-order valence-corrected chi connectivity index (χ3v) is 5.00. The van der Waals surface area contributed by atoms with E-state index in [-0.39, 0.29) is 23.6 Å². The fourth-order valence-electron chi connectivity index (χ4n) is 3.20. The van der Waals surface area contributed by atoms with Crippen LogP contribution in [0.1, 0.15) is 37.2 Å². The zero-order valence-corrected chi connectivity index (χ0v) is 12.7. The fraction of sp³-hybridized carbons (Fsp3) is 0.562. The first-order valence-electron chi connectivity index (χ1n) is 7.32. The lowest BCUT2D eigenvalue weighted by Crippen LogP contribution is -2.48. The van der Waals surface area contributed by atoms with Crippen molar-refractivity contribution in [3.63, 3.8) is 0 Å². The molecule has 0 saturated heterocycles. The van der Waals surface area contributed by atoms with Crippen LogP contribution in [0.3, 0.4) is 0 Å². The second-order valence-corrected chi connectivity index (χ2v) is 6.76. The number of carbonyl (C=O) groups is 1. The number of nitrogens with zero attached hydrogens (tertiary/aromatic N) is 1. The van der Waals surface area contributed by atoms with Crippen molar-refractivity contribution in [1.82, 2.24) is 4.90 Å². The Morgan fingerprint density at radius 3 is 2.81 bits per heavy atom. The molecule has 2 atom stereocenters. The Morgan fingerprint density at radius 1 is 1.52 bits per heavy atom. The van der Waals surface area contributed by atoms with Crippen molar-refractivity contribution in [3.8, 4) is 0 Å². The summed E-state index contributed by atoms with van der Waals surface area (Å²) >= 11 is 6.05. The number of carbonyl (C=O) groups excluding carboxylic acids is 1. The normalized spacial score (nSPS) is 26.1. The van der Waals surface area contributed by atoms with Crippen LogP contribution in [-0.2, 0) is 4.79 Å². The van der Waals surface area contributed by atoms with Crippen LogP contribution in [0, 0.1) is 11.7 Å². The molecule has 2 aliphatic rings. The number of hydrogen-bond acceptors (Lipinski definition) is 2. The number of rotatable bonds is 4. The minimum atomic E-state index is -0.718. The van der Waals surface area contributed by atoms with Crippen LogP contribution in [-0.4, -0.2) is 35.1 Å². The summed E-state index contributed by atoms with van der Waals surface area (Å²) in [6, 6.07) is 4.60. The summed E-state index contributed by atoms with van der Waals surface area (Å²) in [5.74, 6) is -0.722. The van der Waals surface area contributed by atoms with E-state index in [2.05, 4.69) is 0 Å².